The molecule has 1 aromatic heterocycles. The number of Topliss-reactive ketones (excluding diaryl/α,β-unsaturated/α-hetero) is 1. The first kappa shape index (κ1) is 9.99. The Hall–Kier alpha value is -1.09. The van der Waals surface area contributed by atoms with Crippen molar-refractivity contribution in [2.24, 2.45) is 7.05 Å². The van der Waals surface area contributed by atoms with E-state index in [9.17, 15) is 4.79 Å². The number of carbonyl (C=O) groups excluding carboxylic acids is 1. The van der Waals surface area contributed by atoms with Gasteiger partial charge in [-0.1, -0.05) is 0 Å². The van der Waals surface area contributed by atoms with Crippen molar-refractivity contribution in [3.05, 3.63) is 23.5 Å². The fraction of sp³-hybridized carbons (Fsp3) is 0.500. The van der Waals surface area contributed by atoms with Gasteiger partial charge in [0.1, 0.15) is 0 Å². The fourth-order valence-electron chi connectivity index (χ4n) is 1.43. The highest BCUT2D eigenvalue weighted by molar-refractivity contribution is 5.92. The highest BCUT2D eigenvalue weighted by atomic mass is 16.1. The maximum atomic E-state index is 11.1. The lowest BCUT2D eigenvalue weighted by molar-refractivity contribution is 0.101. The summed E-state index contributed by atoms with van der Waals surface area (Å²) in [5.41, 5.74) is 1.95. The number of hydrogen-bond acceptors (Lipinski definition) is 2. The van der Waals surface area contributed by atoms with E-state index in [-0.39, 0.29) is 5.78 Å². The molecule has 0 unspecified atom stereocenters. The summed E-state index contributed by atoms with van der Waals surface area (Å²) in [6.45, 7) is 2.47. The van der Waals surface area contributed by atoms with Crippen molar-refractivity contribution < 1.29 is 4.79 Å². The largest absolute Gasteiger partial charge is 0.348 e. The van der Waals surface area contributed by atoms with Gasteiger partial charge in [0, 0.05) is 26.7 Å². The molecule has 1 heterocycles. The summed E-state index contributed by atoms with van der Waals surface area (Å²) in [5, 5.41) is 0. The van der Waals surface area contributed by atoms with Crippen LogP contribution in [0, 0.1) is 0 Å². The van der Waals surface area contributed by atoms with Crippen LogP contribution in [-0.4, -0.2) is 29.3 Å². The van der Waals surface area contributed by atoms with Gasteiger partial charge >= 0.3 is 0 Å². The zero-order valence-corrected chi connectivity index (χ0v) is 8.66. The van der Waals surface area contributed by atoms with E-state index < -0.39 is 0 Å². The molecule has 0 fully saturated rings. The predicted molar refractivity (Wildman–Crippen MR) is 52.8 cm³/mol. The van der Waals surface area contributed by atoms with E-state index in [1.165, 1.54) is 5.56 Å². The van der Waals surface area contributed by atoms with Crippen LogP contribution in [0.25, 0.3) is 0 Å². The number of aromatic nitrogens is 1. The summed E-state index contributed by atoms with van der Waals surface area (Å²) in [4.78, 5) is 13.2. The monoisotopic (exact) mass is 180 g/mol. The summed E-state index contributed by atoms with van der Waals surface area (Å²) in [5.74, 6) is 0.118. The van der Waals surface area contributed by atoms with E-state index in [0.29, 0.717) is 0 Å². The molecule has 0 aliphatic heterocycles. The van der Waals surface area contributed by atoms with Crippen LogP contribution in [-0.2, 0) is 13.6 Å². The van der Waals surface area contributed by atoms with E-state index in [1.807, 2.05) is 38.0 Å². The van der Waals surface area contributed by atoms with Crippen molar-refractivity contribution in [2.75, 3.05) is 14.1 Å². The van der Waals surface area contributed by atoms with E-state index in [4.69, 9.17) is 0 Å². The third-order valence-corrected chi connectivity index (χ3v) is 1.92. The predicted octanol–water partition coefficient (Wildman–Crippen LogP) is 1.29. The van der Waals surface area contributed by atoms with Crippen LogP contribution in [0.2, 0.25) is 0 Å². The van der Waals surface area contributed by atoms with Gasteiger partial charge in [-0.15, -0.1) is 0 Å². The van der Waals surface area contributed by atoms with Crippen LogP contribution in [0.5, 0.6) is 0 Å². The molecule has 0 atom stereocenters. The smallest absolute Gasteiger partial charge is 0.176 e. The highest BCUT2D eigenvalue weighted by Gasteiger charge is 2.07. The van der Waals surface area contributed by atoms with Gasteiger partial charge in [0.2, 0.25) is 0 Å². The van der Waals surface area contributed by atoms with Crippen molar-refractivity contribution in [3.8, 4) is 0 Å². The van der Waals surface area contributed by atoms with E-state index in [2.05, 4.69) is 4.90 Å². The Kier molecular flexibility index (Phi) is 2.88. The Balaban J connectivity index is 2.89. The summed E-state index contributed by atoms with van der Waals surface area (Å²) in [6, 6.07) is 1.95. The van der Waals surface area contributed by atoms with Crippen molar-refractivity contribution >= 4 is 5.78 Å². The van der Waals surface area contributed by atoms with Gasteiger partial charge in [-0.25, -0.2) is 0 Å². The molecule has 0 amide bonds. The molecule has 0 N–H and O–H groups in total. The lowest BCUT2D eigenvalue weighted by Crippen LogP contribution is -2.09. The molecule has 13 heavy (non-hydrogen) atoms. The van der Waals surface area contributed by atoms with Crippen molar-refractivity contribution in [1.29, 1.82) is 0 Å². The maximum absolute atomic E-state index is 11.1. The molecule has 72 valence electrons. The number of hydrogen-bond donors (Lipinski definition) is 0. The minimum atomic E-state index is 0.118. The van der Waals surface area contributed by atoms with Crippen LogP contribution in [0.4, 0.5) is 0 Å². The molecule has 1 rings (SSSR count). The molecular formula is C10H16N2O. The number of carbonyl (C=O) groups is 1. The first-order valence-corrected chi connectivity index (χ1v) is 4.31. The van der Waals surface area contributed by atoms with Crippen LogP contribution >= 0.6 is 0 Å². The second kappa shape index (κ2) is 3.75. The number of ketones is 1. The summed E-state index contributed by atoms with van der Waals surface area (Å²) in [6.07, 6.45) is 2.00. The molecule has 0 aromatic carbocycles. The summed E-state index contributed by atoms with van der Waals surface area (Å²) < 4.78 is 1.88. The molecule has 0 aliphatic rings. The zero-order valence-electron chi connectivity index (χ0n) is 8.66. The minimum absolute atomic E-state index is 0.118. The highest BCUT2D eigenvalue weighted by Crippen LogP contribution is 2.09. The van der Waals surface area contributed by atoms with Crippen molar-refractivity contribution in [3.63, 3.8) is 0 Å². The topological polar surface area (TPSA) is 25.2 Å². The number of nitrogens with zero attached hydrogens (tertiary/aromatic N) is 2. The lowest BCUT2D eigenvalue weighted by atomic mass is 10.2. The molecular weight excluding hydrogens is 164 g/mol. The normalized spacial score (nSPS) is 10.8. The Labute approximate surface area is 79.0 Å². The number of rotatable bonds is 3. The molecule has 3 nitrogen and oxygen atoms in total. The standard InChI is InChI=1S/C10H16N2O/c1-8(13)10-5-9(6-11(2)3)7-12(10)4/h5,7H,6H2,1-4H3. The SMILES string of the molecule is CC(=O)c1cc(CN(C)C)cn1C. The average Bonchev–Trinajstić information content (AvgIpc) is 2.29. The second-order valence-corrected chi connectivity index (χ2v) is 3.64. The Morgan fingerprint density at radius 3 is 2.54 bits per heavy atom. The first-order chi connectivity index (χ1) is 6.00. The molecule has 0 saturated heterocycles. The van der Waals surface area contributed by atoms with Gasteiger partial charge in [0.15, 0.2) is 5.78 Å². The molecule has 3 heteroatoms. The van der Waals surface area contributed by atoms with Gasteiger partial charge in [0.05, 0.1) is 5.69 Å². The molecule has 1 aromatic rings. The first-order valence-electron chi connectivity index (χ1n) is 4.31. The Bertz CT molecular complexity index is 313. The van der Waals surface area contributed by atoms with Crippen LogP contribution in [0.3, 0.4) is 0 Å². The van der Waals surface area contributed by atoms with Gasteiger partial charge in [-0.05, 0) is 25.7 Å². The van der Waals surface area contributed by atoms with Crippen LogP contribution in [0.15, 0.2) is 12.3 Å². The van der Waals surface area contributed by atoms with Crippen LogP contribution in [0.1, 0.15) is 23.0 Å². The van der Waals surface area contributed by atoms with E-state index >= 15 is 0 Å². The molecule has 0 aliphatic carbocycles. The van der Waals surface area contributed by atoms with Gasteiger partial charge in [-0.3, -0.25) is 4.79 Å². The Morgan fingerprint density at radius 2 is 2.15 bits per heavy atom. The van der Waals surface area contributed by atoms with Gasteiger partial charge < -0.3 is 9.47 Å². The third-order valence-electron chi connectivity index (χ3n) is 1.92. The lowest BCUT2D eigenvalue weighted by Gasteiger charge is -2.06. The van der Waals surface area contributed by atoms with Crippen molar-refractivity contribution in [1.82, 2.24) is 9.47 Å². The van der Waals surface area contributed by atoms with Crippen molar-refractivity contribution in [2.45, 2.75) is 13.5 Å². The number of aryl methyl sites for hydroxylation is 1. The summed E-state index contributed by atoms with van der Waals surface area (Å²) >= 11 is 0. The van der Waals surface area contributed by atoms with Gasteiger partial charge in [0.25, 0.3) is 0 Å². The van der Waals surface area contributed by atoms with Gasteiger partial charge in [-0.2, -0.15) is 0 Å². The molecule has 0 spiro atoms. The molecule has 0 radical (unpaired) electrons. The Morgan fingerprint density at radius 1 is 1.54 bits per heavy atom. The van der Waals surface area contributed by atoms with E-state index in [0.717, 1.165) is 12.2 Å². The zero-order chi connectivity index (χ0) is 10.0. The third kappa shape index (κ3) is 2.42. The van der Waals surface area contributed by atoms with Crippen LogP contribution < -0.4 is 0 Å². The second-order valence-electron chi connectivity index (χ2n) is 3.64. The fourth-order valence-corrected chi connectivity index (χ4v) is 1.43. The summed E-state index contributed by atoms with van der Waals surface area (Å²) in [7, 11) is 5.93. The molecule has 0 saturated carbocycles. The minimum Gasteiger partial charge on any atom is -0.348 e. The van der Waals surface area contributed by atoms with E-state index in [1.54, 1.807) is 6.92 Å². The average molecular weight is 180 g/mol. The quantitative estimate of drug-likeness (QED) is 0.655. The maximum Gasteiger partial charge on any atom is 0.176 e. The molecule has 0 bridgehead atoms.